The number of benzene rings is 3. The Morgan fingerprint density at radius 1 is 0.757 bits per heavy atom. The van der Waals surface area contributed by atoms with Gasteiger partial charge in [-0.05, 0) is 59.1 Å². The zero-order valence-corrected chi connectivity index (χ0v) is 20.7. The van der Waals surface area contributed by atoms with Crippen LogP contribution in [0.5, 0.6) is 0 Å². The smallest absolute Gasteiger partial charge is 0.338 e. The molecule has 0 spiro atoms. The zero-order valence-electron chi connectivity index (χ0n) is 20.7. The molecule has 7 rings (SSSR count). The third-order valence-electron chi connectivity index (χ3n) is 8.58. The SMILES string of the molecule is O=C(COC(=O)c1cc2c3c(c1)[C@@H]1C=CC[C@H]1CN3C[C@H]1CC=C[C@H]21)c1ccc(-c2ccccc2)cc1. The fourth-order valence-corrected chi connectivity index (χ4v) is 6.77. The highest BCUT2D eigenvalue weighted by atomic mass is 16.5. The molecule has 37 heavy (non-hydrogen) atoms. The maximum absolute atomic E-state index is 13.2. The second kappa shape index (κ2) is 8.88. The molecule has 0 radical (unpaired) electrons. The van der Waals surface area contributed by atoms with Crippen LogP contribution < -0.4 is 4.90 Å². The molecule has 3 aromatic rings. The Bertz CT molecular complexity index is 1390. The number of fused-ring (bicyclic) bond motifs is 4. The first-order valence-corrected chi connectivity index (χ1v) is 13.3. The molecular formula is C33H29NO3. The van der Waals surface area contributed by atoms with Crippen LogP contribution >= 0.6 is 0 Å². The van der Waals surface area contributed by atoms with Gasteiger partial charge in [-0.2, -0.15) is 0 Å². The van der Waals surface area contributed by atoms with Crippen molar-refractivity contribution in [3.05, 3.63) is 113 Å². The summed E-state index contributed by atoms with van der Waals surface area (Å²) < 4.78 is 5.58. The number of ketones is 1. The number of hydrogen-bond acceptors (Lipinski definition) is 4. The van der Waals surface area contributed by atoms with E-state index in [0.29, 0.717) is 34.8 Å². The van der Waals surface area contributed by atoms with Gasteiger partial charge < -0.3 is 9.64 Å². The highest BCUT2D eigenvalue weighted by Gasteiger charge is 2.42. The normalized spacial score (nSPS) is 24.4. The average Bonchev–Trinajstić information content (AvgIpc) is 3.62. The number of Topliss-reactive ketones (excluding diaryl/α,β-unsaturated/α-hetero) is 1. The number of carbonyl (C=O) groups is 2. The van der Waals surface area contributed by atoms with E-state index in [9.17, 15) is 9.59 Å². The number of ether oxygens (including phenoxy) is 1. The molecule has 0 fully saturated rings. The molecule has 4 nitrogen and oxygen atoms in total. The first-order chi connectivity index (χ1) is 18.2. The Morgan fingerprint density at radius 2 is 1.35 bits per heavy atom. The Labute approximate surface area is 217 Å². The maximum Gasteiger partial charge on any atom is 0.338 e. The lowest BCUT2D eigenvalue weighted by Gasteiger charge is -2.46. The molecule has 4 aliphatic rings. The topological polar surface area (TPSA) is 46.6 Å². The van der Waals surface area contributed by atoms with Crippen LogP contribution in [0.1, 0.15) is 56.5 Å². The second-order valence-corrected chi connectivity index (χ2v) is 10.8. The van der Waals surface area contributed by atoms with Gasteiger partial charge in [-0.1, -0.05) is 78.9 Å². The second-order valence-electron chi connectivity index (χ2n) is 10.8. The van der Waals surface area contributed by atoms with Gasteiger partial charge in [-0.25, -0.2) is 4.79 Å². The molecule has 2 heterocycles. The van der Waals surface area contributed by atoms with Crippen LogP contribution in [0, 0.1) is 11.8 Å². The number of carbonyl (C=O) groups excluding carboxylic acids is 2. The van der Waals surface area contributed by atoms with Gasteiger partial charge in [-0.15, -0.1) is 0 Å². The molecular weight excluding hydrogens is 458 g/mol. The molecule has 2 aliphatic heterocycles. The largest absolute Gasteiger partial charge is 0.454 e. The number of nitrogens with zero attached hydrogens (tertiary/aromatic N) is 1. The summed E-state index contributed by atoms with van der Waals surface area (Å²) in [6.07, 6.45) is 11.4. The van der Waals surface area contributed by atoms with Crippen molar-refractivity contribution in [2.75, 3.05) is 24.6 Å². The lowest BCUT2D eigenvalue weighted by molar-refractivity contribution is 0.0474. The molecule has 0 unspecified atom stereocenters. The standard InChI is InChI=1S/C33H29NO3/c35-31(23-14-12-22(13-15-23)21-6-2-1-3-7-21)20-37-33(36)26-16-29-27-10-4-8-24(27)18-34-19-25-9-5-11-28(25)30(17-26)32(29)34/h1-7,10-17,24-25,27-28H,8-9,18-20H2/t24-,25+,27+,28-. The number of allylic oxidation sites excluding steroid dienone is 4. The Kier molecular flexibility index (Phi) is 5.35. The summed E-state index contributed by atoms with van der Waals surface area (Å²) >= 11 is 0. The van der Waals surface area contributed by atoms with E-state index in [-0.39, 0.29) is 12.4 Å². The van der Waals surface area contributed by atoms with Crippen LogP contribution in [0.4, 0.5) is 5.69 Å². The molecule has 0 aromatic heterocycles. The minimum Gasteiger partial charge on any atom is -0.454 e. The van der Waals surface area contributed by atoms with Gasteiger partial charge in [0.2, 0.25) is 0 Å². The summed E-state index contributed by atoms with van der Waals surface area (Å²) in [6.45, 7) is 1.91. The molecule has 184 valence electrons. The summed E-state index contributed by atoms with van der Waals surface area (Å²) in [5, 5.41) is 0. The average molecular weight is 488 g/mol. The third-order valence-corrected chi connectivity index (χ3v) is 8.58. The molecule has 0 amide bonds. The van der Waals surface area contributed by atoms with Crippen LogP contribution in [0.25, 0.3) is 11.1 Å². The van der Waals surface area contributed by atoms with Crippen molar-refractivity contribution in [3.63, 3.8) is 0 Å². The summed E-state index contributed by atoms with van der Waals surface area (Å²) in [7, 11) is 0. The van der Waals surface area contributed by atoms with Gasteiger partial charge in [0.05, 0.1) is 5.56 Å². The lowest BCUT2D eigenvalue weighted by Crippen LogP contribution is -2.43. The fourth-order valence-electron chi connectivity index (χ4n) is 6.77. The number of esters is 1. The van der Waals surface area contributed by atoms with Crippen molar-refractivity contribution in [1.82, 2.24) is 0 Å². The van der Waals surface area contributed by atoms with E-state index in [1.807, 2.05) is 54.6 Å². The van der Waals surface area contributed by atoms with Gasteiger partial charge in [0, 0.05) is 36.2 Å². The molecule has 3 aromatic carbocycles. The van der Waals surface area contributed by atoms with E-state index in [1.165, 1.54) is 16.8 Å². The highest BCUT2D eigenvalue weighted by Crippen LogP contribution is 2.53. The van der Waals surface area contributed by atoms with Gasteiger partial charge in [0.1, 0.15) is 0 Å². The van der Waals surface area contributed by atoms with Crippen molar-refractivity contribution in [1.29, 1.82) is 0 Å². The number of anilines is 1. The molecule has 0 saturated carbocycles. The zero-order chi connectivity index (χ0) is 24.9. The van der Waals surface area contributed by atoms with Crippen molar-refractivity contribution in [2.45, 2.75) is 24.7 Å². The van der Waals surface area contributed by atoms with E-state index in [4.69, 9.17) is 4.74 Å². The fraction of sp³-hybridized carbons (Fsp3) is 0.273. The summed E-state index contributed by atoms with van der Waals surface area (Å²) in [6, 6.07) is 21.6. The minimum atomic E-state index is -0.423. The summed E-state index contributed by atoms with van der Waals surface area (Å²) in [5.41, 5.74) is 7.06. The van der Waals surface area contributed by atoms with Crippen molar-refractivity contribution in [2.24, 2.45) is 11.8 Å². The molecule has 0 saturated heterocycles. The summed E-state index contributed by atoms with van der Waals surface area (Å²) in [5.74, 6) is 1.22. The molecule has 0 N–H and O–H groups in total. The Balaban J connectivity index is 1.12. The van der Waals surface area contributed by atoms with Crippen LogP contribution in [0.2, 0.25) is 0 Å². The van der Waals surface area contributed by atoms with Crippen molar-refractivity contribution in [3.8, 4) is 11.1 Å². The van der Waals surface area contributed by atoms with Crippen molar-refractivity contribution < 1.29 is 14.3 Å². The first kappa shape index (κ1) is 22.3. The third kappa shape index (κ3) is 3.83. The van der Waals surface area contributed by atoms with E-state index in [2.05, 4.69) is 29.2 Å². The minimum absolute atomic E-state index is 0.198. The highest BCUT2D eigenvalue weighted by molar-refractivity contribution is 6.00. The number of hydrogen-bond donors (Lipinski definition) is 0. The van der Waals surface area contributed by atoms with Gasteiger partial charge in [0.15, 0.2) is 12.4 Å². The Hall–Kier alpha value is -3.92. The predicted octanol–water partition coefficient (Wildman–Crippen LogP) is 6.55. The van der Waals surface area contributed by atoms with Gasteiger partial charge in [0.25, 0.3) is 0 Å². The van der Waals surface area contributed by atoms with E-state index >= 15 is 0 Å². The predicted molar refractivity (Wildman–Crippen MR) is 145 cm³/mol. The number of rotatable bonds is 5. The molecule has 0 bridgehead atoms. The van der Waals surface area contributed by atoms with Gasteiger partial charge in [-0.3, -0.25) is 4.79 Å². The van der Waals surface area contributed by atoms with Crippen LogP contribution in [0.15, 0.2) is 91.0 Å². The van der Waals surface area contributed by atoms with E-state index in [0.717, 1.165) is 37.1 Å². The monoisotopic (exact) mass is 487 g/mol. The van der Waals surface area contributed by atoms with Crippen LogP contribution in [-0.4, -0.2) is 31.4 Å². The molecule has 4 atom stereocenters. The maximum atomic E-state index is 13.2. The Morgan fingerprint density at radius 3 is 1.97 bits per heavy atom. The lowest BCUT2D eigenvalue weighted by atomic mass is 9.74. The molecule has 4 heteroatoms. The quantitative estimate of drug-likeness (QED) is 0.233. The van der Waals surface area contributed by atoms with Crippen molar-refractivity contribution >= 4 is 17.4 Å². The first-order valence-electron chi connectivity index (χ1n) is 13.3. The van der Waals surface area contributed by atoms with Crippen LogP contribution in [0.3, 0.4) is 0 Å². The van der Waals surface area contributed by atoms with Crippen LogP contribution in [-0.2, 0) is 4.74 Å². The van der Waals surface area contributed by atoms with Gasteiger partial charge >= 0.3 is 5.97 Å². The molecule has 2 aliphatic carbocycles. The van der Waals surface area contributed by atoms with E-state index < -0.39 is 5.97 Å². The van der Waals surface area contributed by atoms with E-state index in [1.54, 1.807) is 12.1 Å². The summed E-state index contributed by atoms with van der Waals surface area (Å²) in [4.78, 5) is 28.6.